The molecule has 0 amide bonds. The lowest BCUT2D eigenvalue weighted by Crippen LogP contribution is -2.02. The Kier molecular flexibility index (Phi) is 2.99. The van der Waals surface area contributed by atoms with Gasteiger partial charge in [-0.2, -0.15) is 5.10 Å². The van der Waals surface area contributed by atoms with Crippen LogP contribution in [-0.4, -0.2) is 22.7 Å². The Bertz CT molecular complexity index is 268. The lowest BCUT2D eigenvalue weighted by molar-refractivity contribution is 0.0789. The molecule has 1 aromatic heterocycles. The quantitative estimate of drug-likeness (QED) is 0.630. The zero-order chi connectivity index (χ0) is 8.97. The van der Waals surface area contributed by atoms with Crippen LogP contribution >= 0.6 is 0 Å². The molecule has 0 aromatic carbocycles. The first-order valence-electron chi connectivity index (χ1n) is 3.85. The summed E-state index contributed by atoms with van der Waals surface area (Å²) in [5, 5.41) is 4.08. The third kappa shape index (κ3) is 1.92. The van der Waals surface area contributed by atoms with E-state index in [4.69, 9.17) is 4.74 Å². The fourth-order valence-electron chi connectivity index (χ4n) is 0.900. The summed E-state index contributed by atoms with van der Waals surface area (Å²) >= 11 is 0. The van der Waals surface area contributed by atoms with Gasteiger partial charge in [0.1, 0.15) is 6.73 Å². The summed E-state index contributed by atoms with van der Waals surface area (Å²) in [6.07, 6.45) is 2.47. The monoisotopic (exact) mass is 168 g/mol. The normalized spacial score (nSPS) is 10.2. The smallest absolute Gasteiger partial charge is 0.153 e. The van der Waals surface area contributed by atoms with E-state index in [1.807, 2.05) is 6.92 Å². The number of hydrogen-bond acceptors (Lipinski definition) is 3. The second-order valence-electron chi connectivity index (χ2n) is 2.45. The highest BCUT2D eigenvalue weighted by atomic mass is 16.5. The third-order valence-corrected chi connectivity index (χ3v) is 1.54. The molecule has 0 spiro atoms. The minimum absolute atomic E-state index is 0.408. The molecule has 66 valence electrons. The zero-order valence-electron chi connectivity index (χ0n) is 7.28. The average molecular weight is 168 g/mol. The van der Waals surface area contributed by atoms with Crippen LogP contribution < -0.4 is 0 Å². The molecule has 1 rings (SSSR count). The number of aromatic nitrogens is 2. The molecule has 4 heteroatoms. The number of nitrogens with zero attached hydrogens (tertiary/aromatic N) is 2. The summed E-state index contributed by atoms with van der Waals surface area (Å²) < 4.78 is 6.73. The fraction of sp³-hybridized carbons (Fsp3) is 0.500. The highest BCUT2D eigenvalue weighted by Gasteiger charge is 2.01. The number of rotatable bonds is 4. The molecule has 0 aliphatic carbocycles. The van der Waals surface area contributed by atoms with E-state index in [1.54, 1.807) is 17.8 Å². The van der Waals surface area contributed by atoms with E-state index < -0.39 is 0 Å². The Morgan fingerprint density at radius 3 is 3.00 bits per heavy atom. The van der Waals surface area contributed by atoms with Crippen LogP contribution in [-0.2, 0) is 11.5 Å². The van der Waals surface area contributed by atoms with Gasteiger partial charge in [-0.25, -0.2) is 4.68 Å². The van der Waals surface area contributed by atoms with Gasteiger partial charge in [0.25, 0.3) is 0 Å². The fourth-order valence-corrected chi connectivity index (χ4v) is 0.900. The molecular weight excluding hydrogens is 156 g/mol. The SMILES string of the molecule is CCOCn1cc(C=O)c(C)n1. The molecule has 0 aliphatic heterocycles. The van der Waals surface area contributed by atoms with Crippen molar-refractivity contribution in [2.75, 3.05) is 6.61 Å². The van der Waals surface area contributed by atoms with Crippen molar-refractivity contribution in [2.24, 2.45) is 0 Å². The van der Waals surface area contributed by atoms with Gasteiger partial charge in [-0.1, -0.05) is 0 Å². The summed E-state index contributed by atoms with van der Waals surface area (Å²) in [6.45, 7) is 4.77. The van der Waals surface area contributed by atoms with E-state index in [0.717, 1.165) is 12.0 Å². The number of carbonyl (C=O) groups excluding carboxylic acids is 1. The van der Waals surface area contributed by atoms with Crippen LogP contribution in [0.25, 0.3) is 0 Å². The number of ether oxygens (including phenoxy) is 1. The molecular formula is C8H12N2O2. The topological polar surface area (TPSA) is 44.1 Å². The van der Waals surface area contributed by atoms with Crippen molar-refractivity contribution in [1.29, 1.82) is 0 Å². The number of carbonyl (C=O) groups is 1. The molecule has 0 fully saturated rings. The maximum atomic E-state index is 10.4. The van der Waals surface area contributed by atoms with Crippen molar-refractivity contribution in [3.05, 3.63) is 17.5 Å². The third-order valence-electron chi connectivity index (χ3n) is 1.54. The van der Waals surface area contributed by atoms with E-state index in [2.05, 4.69) is 5.10 Å². The number of aryl methyl sites for hydroxylation is 1. The lowest BCUT2D eigenvalue weighted by Gasteiger charge is -1.98. The molecule has 0 atom stereocenters. The zero-order valence-corrected chi connectivity index (χ0v) is 7.28. The van der Waals surface area contributed by atoms with E-state index >= 15 is 0 Å². The van der Waals surface area contributed by atoms with E-state index in [0.29, 0.717) is 18.9 Å². The minimum atomic E-state index is 0.408. The van der Waals surface area contributed by atoms with Crippen LogP contribution in [0, 0.1) is 6.92 Å². The van der Waals surface area contributed by atoms with Crippen molar-refractivity contribution in [1.82, 2.24) is 9.78 Å². The van der Waals surface area contributed by atoms with Crippen LogP contribution in [0.4, 0.5) is 0 Å². The molecule has 0 saturated carbocycles. The minimum Gasteiger partial charge on any atom is -0.360 e. The van der Waals surface area contributed by atoms with Gasteiger partial charge in [0.05, 0.1) is 11.3 Å². The molecule has 0 radical (unpaired) electrons. The molecule has 12 heavy (non-hydrogen) atoms. The van der Waals surface area contributed by atoms with Crippen LogP contribution in [0.3, 0.4) is 0 Å². The van der Waals surface area contributed by atoms with Gasteiger partial charge in [0, 0.05) is 12.8 Å². The first kappa shape index (κ1) is 8.93. The van der Waals surface area contributed by atoms with Crippen molar-refractivity contribution < 1.29 is 9.53 Å². The summed E-state index contributed by atoms with van der Waals surface area (Å²) in [7, 11) is 0. The summed E-state index contributed by atoms with van der Waals surface area (Å²) in [5.74, 6) is 0. The summed E-state index contributed by atoms with van der Waals surface area (Å²) in [5.41, 5.74) is 1.36. The first-order valence-corrected chi connectivity index (χ1v) is 3.85. The van der Waals surface area contributed by atoms with Gasteiger partial charge in [0.2, 0.25) is 0 Å². The maximum absolute atomic E-state index is 10.4. The second kappa shape index (κ2) is 4.01. The van der Waals surface area contributed by atoms with Gasteiger partial charge in [0.15, 0.2) is 6.29 Å². The molecule has 0 bridgehead atoms. The summed E-state index contributed by atoms with van der Waals surface area (Å²) in [4.78, 5) is 10.4. The van der Waals surface area contributed by atoms with Gasteiger partial charge < -0.3 is 4.74 Å². The van der Waals surface area contributed by atoms with Crippen molar-refractivity contribution in [2.45, 2.75) is 20.6 Å². The molecule has 4 nitrogen and oxygen atoms in total. The Balaban J connectivity index is 2.68. The molecule has 0 aliphatic rings. The van der Waals surface area contributed by atoms with Crippen LogP contribution in [0.1, 0.15) is 23.0 Å². The Hall–Kier alpha value is -1.16. The predicted octanol–water partition coefficient (Wildman–Crippen LogP) is 0.998. The van der Waals surface area contributed by atoms with Crippen LogP contribution in [0.2, 0.25) is 0 Å². The number of hydrogen-bond donors (Lipinski definition) is 0. The predicted molar refractivity (Wildman–Crippen MR) is 44.0 cm³/mol. The van der Waals surface area contributed by atoms with E-state index in [9.17, 15) is 4.79 Å². The average Bonchev–Trinajstić information content (AvgIpc) is 2.43. The van der Waals surface area contributed by atoms with E-state index in [1.165, 1.54) is 0 Å². The standard InChI is InChI=1S/C8H12N2O2/c1-3-12-6-10-4-8(5-11)7(2)9-10/h4-5H,3,6H2,1-2H3. The molecule has 0 N–H and O–H groups in total. The molecule has 0 saturated heterocycles. The Morgan fingerprint density at radius 1 is 1.75 bits per heavy atom. The van der Waals surface area contributed by atoms with Gasteiger partial charge in [-0.05, 0) is 13.8 Å². The molecule has 1 aromatic rings. The maximum Gasteiger partial charge on any atom is 0.153 e. The highest BCUT2D eigenvalue weighted by molar-refractivity contribution is 5.75. The van der Waals surface area contributed by atoms with Crippen LogP contribution in [0.15, 0.2) is 6.20 Å². The van der Waals surface area contributed by atoms with Gasteiger partial charge in [-0.3, -0.25) is 4.79 Å². The van der Waals surface area contributed by atoms with Crippen LogP contribution in [0.5, 0.6) is 0 Å². The Morgan fingerprint density at radius 2 is 2.50 bits per heavy atom. The van der Waals surface area contributed by atoms with E-state index in [-0.39, 0.29) is 0 Å². The van der Waals surface area contributed by atoms with Gasteiger partial charge in [-0.15, -0.1) is 0 Å². The van der Waals surface area contributed by atoms with Crippen molar-refractivity contribution >= 4 is 6.29 Å². The highest BCUT2D eigenvalue weighted by Crippen LogP contribution is 2.01. The first-order chi connectivity index (χ1) is 5.77. The van der Waals surface area contributed by atoms with Gasteiger partial charge >= 0.3 is 0 Å². The van der Waals surface area contributed by atoms with Crippen molar-refractivity contribution in [3.63, 3.8) is 0 Å². The summed E-state index contributed by atoms with van der Waals surface area (Å²) in [6, 6.07) is 0. The largest absolute Gasteiger partial charge is 0.360 e. The Labute approximate surface area is 71.1 Å². The van der Waals surface area contributed by atoms with Crippen molar-refractivity contribution in [3.8, 4) is 0 Å². The molecule has 0 unspecified atom stereocenters. The molecule has 1 heterocycles. The second-order valence-corrected chi connectivity index (χ2v) is 2.45. The lowest BCUT2D eigenvalue weighted by atomic mass is 10.3. The number of aldehydes is 1.